The maximum atomic E-state index is 11.5. The van der Waals surface area contributed by atoms with Gasteiger partial charge in [-0.15, -0.1) is 0 Å². The topological polar surface area (TPSA) is 41.6 Å². The number of carbonyl (C=O) groups is 1. The molecule has 80 valence electrons. The van der Waals surface area contributed by atoms with Gasteiger partial charge in [0.1, 0.15) is 0 Å². The first-order valence-corrected chi connectivity index (χ1v) is 5.44. The highest BCUT2D eigenvalue weighted by molar-refractivity contribution is 5.68. The van der Waals surface area contributed by atoms with E-state index in [1.807, 2.05) is 4.90 Å². The van der Waals surface area contributed by atoms with Crippen LogP contribution in [-0.2, 0) is 4.74 Å². The average Bonchev–Trinajstić information content (AvgIpc) is 2.18. The monoisotopic (exact) mass is 198 g/mol. The fourth-order valence-corrected chi connectivity index (χ4v) is 2.29. The minimum atomic E-state index is -0.115. The number of nitrogens with zero attached hydrogens (tertiary/aromatic N) is 1. The van der Waals surface area contributed by atoms with Crippen molar-refractivity contribution in [3.63, 3.8) is 0 Å². The lowest BCUT2D eigenvalue weighted by atomic mass is 9.99. The number of hydrogen-bond donors (Lipinski definition) is 1. The molecule has 0 bridgehead atoms. The molecule has 2 heterocycles. The third-order valence-electron chi connectivity index (χ3n) is 3.04. The summed E-state index contributed by atoms with van der Waals surface area (Å²) in [5, 5.41) is 3.39. The van der Waals surface area contributed by atoms with Gasteiger partial charge >= 0.3 is 6.09 Å². The van der Waals surface area contributed by atoms with Gasteiger partial charge in [-0.3, -0.25) is 0 Å². The van der Waals surface area contributed by atoms with Crippen molar-refractivity contribution in [3.8, 4) is 0 Å². The molecule has 2 saturated heterocycles. The van der Waals surface area contributed by atoms with Crippen LogP contribution in [0.25, 0.3) is 0 Å². The van der Waals surface area contributed by atoms with Crippen molar-refractivity contribution in [2.75, 3.05) is 19.7 Å². The van der Waals surface area contributed by atoms with Gasteiger partial charge in [-0.25, -0.2) is 4.79 Å². The molecule has 4 heteroatoms. The largest absolute Gasteiger partial charge is 0.449 e. The van der Waals surface area contributed by atoms with E-state index in [9.17, 15) is 4.79 Å². The van der Waals surface area contributed by atoms with Gasteiger partial charge < -0.3 is 15.0 Å². The lowest BCUT2D eigenvalue weighted by Crippen LogP contribution is -2.51. The Morgan fingerprint density at radius 2 is 2.43 bits per heavy atom. The molecule has 1 amide bonds. The van der Waals surface area contributed by atoms with Crippen LogP contribution in [0.1, 0.15) is 26.2 Å². The van der Waals surface area contributed by atoms with Crippen molar-refractivity contribution in [1.29, 1.82) is 0 Å². The van der Waals surface area contributed by atoms with Crippen LogP contribution < -0.4 is 5.32 Å². The molecule has 0 aromatic carbocycles. The zero-order chi connectivity index (χ0) is 9.97. The van der Waals surface area contributed by atoms with E-state index in [4.69, 9.17) is 4.74 Å². The Bertz CT molecular complexity index is 220. The maximum Gasteiger partial charge on any atom is 0.410 e. The molecular weight excluding hydrogens is 180 g/mol. The quantitative estimate of drug-likeness (QED) is 0.682. The smallest absolute Gasteiger partial charge is 0.410 e. The van der Waals surface area contributed by atoms with Crippen LogP contribution in [0.3, 0.4) is 0 Å². The SMILES string of the molecule is CC1CC(N2CCCOC2=O)CCN1. The summed E-state index contributed by atoms with van der Waals surface area (Å²) in [6.45, 7) is 4.64. The fourth-order valence-electron chi connectivity index (χ4n) is 2.29. The molecule has 0 aromatic heterocycles. The molecule has 2 aliphatic rings. The third-order valence-corrected chi connectivity index (χ3v) is 3.04. The summed E-state index contributed by atoms with van der Waals surface area (Å²) in [7, 11) is 0. The number of ether oxygens (including phenoxy) is 1. The first-order valence-electron chi connectivity index (χ1n) is 5.44. The van der Waals surface area contributed by atoms with E-state index in [1.54, 1.807) is 0 Å². The Morgan fingerprint density at radius 3 is 3.14 bits per heavy atom. The van der Waals surface area contributed by atoms with Crippen molar-refractivity contribution in [3.05, 3.63) is 0 Å². The van der Waals surface area contributed by atoms with Crippen LogP contribution in [0.2, 0.25) is 0 Å². The Kier molecular flexibility index (Phi) is 2.91. The van der Waals surface area contributed by atoms with Crippen LogP contribution in [-0.4, -0.2) is 42.8 Å². The minimum absolute atomic E-state index is 0.115. The first kappa shape index (κ1) is 9.77. The standard InChI is InChI=1S/C10H18N2O2/c1-8-7-9(3-4-11-8)12-5-2-6-14-10(12)13/h8-9,11H,2-7H2,1H3. The summed E-state index contributed by atoms with van der Waals surface area (Å²) < 4.78 is 5.05. The number of nitrogens with one attached hydrogen (secondary N) is 1. The van der Waals surface area contributed by atoms with Gasteiger partial charge in [0.05, 0.1) is 6.61 Å². The molecule has 2 aliphatic heterocycles. The van der Waals surface area contributed by atoms with Gasteiger partial charge in [-0.1, -0.05) is 0 Å². The van der Waals surface area contributed by atoms with Gasteiger partial charge in [0.2, 0.25) is 0 Å². The van der Waals surface area contributed by atoms with Crippen LogP contribution in [0, 0.1) is 0 Å². The lowest BCUT2D eigenvalue weighted by molar-refractivity contribution is 0.0454. The predicted octanol–water partition coefficient (Wildman–Crippen LogP) is 0.969. The molecule has 1 N–H and O–H groups in total. The van der Waals surface area contributed by atoms with Gasteiger partial charge in [0.25, 0.3) is 0 Å². The van der Waals surface area contributed by atoms with E-state index in [0.29, 0.717) is 18.7 Å². The molecule has 2 unspecified atom stereocenters. The molecule has 2 atom stereocenters. The van der Waals surface area contributed by atoms with Gasteiger partial charge in [-0.2, -0.15) is 0 Å². The molecule has 14 heavy (non-hydrogen) atoms. The maximum absolute atomic E-state index is 11.5. The molecular formula is C10H18N2O2. The average molecular weight is 198 g/mol. The zero-order valence-corrected chi connectivity index (χ0v) is 8.66. The summed E-state index contributed by atoms with van der Waals surface area (Å²) in [4.78, 5) is 13.4. The number of carbonyl (C=O) groups excluding carboxylic acids is 1. The summed E-state index contributed by atoms with van der Waals surface area (Å²) in [6, 6.07) is 0.905. The van der Waals surface area contributed by atoms with Crippen molar-refractivity contribution >= 4 is 6.09 Å². The molecule has 2 fully saturated rings. The molecule has 0 aliphatic carbocycles. The van der Waals surface area contributed by atoms with Crippen LogP contribution in [0.4, 0.5) is 4.79 Å². The van der Waals surface area contributed by atoms with Crippen molar-refractivity contribution in [2.45, 2.75) is 38.3 Å². The first-order chi connectivity index (χ1) is 6.77. The summed E-state index contributed by atoms with van der Waals surface area (Å²) in [5.41, 5.74) is 0. The molecule has 4 nitrogen and oxygen atoms in total. The number of amides is 1. The Balaban J connectivity index is 1.94. The van der Waals surface area contributed by atoms with E-state index in [2.05, 4.69) is 12.2 Å². The Labute approximate surface area is 84.6 Å². The highest BCUT2D eigenvalue weighted by Gasteiger charge is 2.30. The van der Waals surface area contributed by atoms with Gasteiger partial charge in [0, 0.05) is 18.6 Å². The second-order valence-electron chi connectivity index (χ2n) is 4.19. The summed E-state index contributed by atoms with van der Waals surface area (Å²) in [6.07, 6.45) is 2.97. The molecule has 0 saturated carbocycles. The molecule has 0 spiro atoms. The normalized spacial score (nSPS) is 34.1. The zero-order valence-electron chi connectivity index (χ0n) is 8.66. The van der Waals surface area contributed by atoms with Gasteiger partial charge in [-0.05, 0) is 32.7 Å². The van der Waals surface area contributed by atoms with E-state index in [0.717, 1.165) is 32.4 Å². The highest BCUT2D eigenvalue weighted by Crippen LogP contribution is 2.18. The fraction of sp³-hybridized carbons (Fsp3) is 0.900. The molecule has 0 radical (unpaired) electrons. The second kappa shape index (κ2) is 4.17. The number of hydrogen-bond acceptors (Lipinski definition) is 3. The van der Waals surface area contributed by atoms with Crippen LogP contribution in [0.15, 0.2) is 0 Å². The Morgan fingerprint density at radius 1 is 1.57 bits per heavy atom. The molecule has 0 aromatic rings. The van der Waals surface area contributed by atoms with E-state index < -0.39 is 0 Å². The minimum Gasteiger partial charge on any atom is -0.449 e. The highest BCUT2D eigenvalue weighted by atomic mass is 16.6. The van der Waals surface area contributed by atoms with E-state index in [1.165, 1.54) is 0 Å². The number of cyclic esters (lactones) is 1. The van der Waals surface area contributed by atoms with Gasteiger partial charge in [0.15, 0.2) is 0 Å². The Hall–Kier alpha value is -0.770. The predicted molar refractivity (Wildman–Crippen MR) is 53.2 cm³/mol. The van der Waals surface area contributed by atoms with Crippen LogP contribution >= 0.6 is 0 Å². The summed E-state index contributed by atoms with van der Waals surface area (Å²) in [5.74, 6) is 0. The van der Waals surface area contributed by atoms with E-state index >= 15 is 0 Å². The van der Waals surface area contributed by atoms with E-state index in [-0.39, 0.29) is 6.09 Å². The van der Waals surface area contributed by atoms with Crippen LogP contribution in [0.5, 0.6) is 0 Å². The van der Waals surface area contributed by atoms with Crippen molar-refractivity contribution < 1.29 is 9.53 Å². The number of piperidine rings is 1. The third kappa shape index (κ3) is 2.00. The molecule has 2 rings (SSSR count). The summed E-state index contributed by atoms with van der Waals surface area (Å²) >= 11 is 0. The van der Waals surface area contributed by atoms with Crippen molar-refractivity contribution in [1.82, 2.24) is 10.2 Å². The van der Waals surface area contributed by atoms with Crippen molar-refractivity contribution in [2.24, 2.45) is 0 Å². The number of rotatable bonds is 1. The second-order valence-corrected chi connectivity index (χ2v) is 4.19. The lowest BCUT2D eigenvalue weighted by Gasteiger charge is -2.38.